The number of nitrogens with one attached hydrogen (secondary N) is 1. The van der Waals surface area contributed by atoms with Gasteiger partial charge in [-0.2, -0.15) is 5.26 Å². The molecule has 1 saturated heterocycles. The molecule has 1 amide bonds. The van der Waals surface area contributed by atoms with Crippen molar-refractivity contribution in [3.63, 3.8) is 0 Å². The topological polar surface area (TPSA) is 70.0 Å². The summed E-state index contributed by atoms with van der Waals surface area (Å²) in [6.45, 7) is 0. The van der Waals surface area contributed by atoms with Crippen LogP contribution in [-0.4, -0.2) is 17.4 Å². The van der Waals surface area contributed by atoms with Gasteiger partial charge in [0.15, 0.2) is 5.78 Å². The number of hydrogen-bond acceptors (Lipinski definition) is 5. The van der Waals surface area contributed by atoms with Gasteiger partial charge in [0.1, 0.15) is 5.82 Å². The number of thioether (sulfide) groups is 1. The van der Waals surface area contributed by atoms with Crippen LogP contribution in [0.2, 0.25) is 0 Å². The van der Waals surface area contributed by atoms with Gasteiger partial charge in [0.25, 0.3) is 0 Å². The minimum Gasteiger partial charge on any atom is -0.319 e. The average molecular weight is 372 g/mol. The second-order valence-corrected chi connectivity index (χ2v) is 7.33. The summed E-state index contributed by atoms with van der Waals surface area (Å²) < 4.78 is 13.3. The maximum absolute atomic E-state index is 13.3. The lowest BCUT2D eigenvalue weighted by Crippen LogP contribution is -2.18. The molecule has 1 aliphatic heterocycles. The molecule has 2 heterocycles. The molecule has 1 atom stereocenters. The van der Waals surface area contributed by atoms with Crippen LogP contribution in [0.4, 0.5) is 4.39 Å². The SMILES string of the molecule is N#C/C(=C1\NC(=O)CS1)[C@@H](CC(=O)c1cccs1)c1ccc(F)cc1. The van der Waals surface area contributed by atoms with E-state index in [0.717, 1.165) is 0 Å². The van der Waals surface area contributed by atoms with E-state index < -0.39 is 5.92 Å². The predicted octanol–water partition coefficient (Wildman–Crippen LogP) is 3.84. The molecular weight excluding hydrogens is 359 g/mol. The van der Waals surface area contributed by atoms with Crippen molar-refractivity contribution >= 4 is 34.8 Å². The molecule has 1 aromatic heterocycles. The molecule has 0 saturated carbocycles. The Kier molecular flexibility index (Phi) is 5.31. The molecule has 7 heteroatoms. The lowest BCUT2D eigenvalue weighted by molar-refractivity contribution is -0.117. The number of allylic oxidation sites excluding steroid dienone is 1. The van der Waals surface area contributed by atoms with Gasteiger partial charge >= 0.3 is 0 Å². The molecule has 1 fully saturated rings. The number of hydrogen-bond donors (Lipinski definition) is 1. The van der Waals surface area contributed by atoms with Crippen molar-refractivity contribution in [1.29, 1.82) is 5.26 Å². The maximum atomic E-state index is 13.3. The molecule has 2 aromatic rings. The summed E-state index contributed by atoms with van der Waals surface area (Å²) in [5, 5.41) is 14.6. The summed E-state index contributed by atoms with van der Waals surface area (Å²) >= 11 is 2.59. The number of rotatable bonds is 5. The third kappa shape index (κ3) is 3.98. The summed E-state index contributed by atoms with van der Waals surface area (Å²) in [5.41, 5.74) is 0.990. The second kappa shape index (κ2) is 7.64. The standard InChI is InChI=1S/C18H13FN2O2S2/c19-12-5-3-11(4-6-12)13(8-15(22)16-2-1-7-24-16)14(9-20)18-21-17(23)10-25-18/h1-7,13H,8,10H2,(H,21,23)/b18-14-/t13-/m0/s1. The van der Waals surface area contributed by atoms with Crippen molar-refractivity contribution in [2.75, 3.05) is 5.75 Å². The van der Waals surface area contributed by atoms with Crippen LogP contribution in [-0.2, 0) is 4.79 Å². The van der Waals surface area contributed by atoms with Gasteiger partial charge in [-0.1, -0.05) is 30.0 Å². The molecule has 1 N–H and O–H groups in total. The number of carbonyl (C=O) groups excluding carboxylic acids is 2. The van der Waals surface area contributed by atoms with Gasteiger partial charge in [-0.3, -0.25) is 9.59 Å². The van der Waals surface area contributed by atoms with E-state index in [1.807, 2.05) is 5.38 Å². The highest BCUT2D eigenvalue weighted by Gasteiger charge is 2.28. The Morgan fingerprint density at radius 1 is 1.32 bits per heavy atom. The first kappa shape index (κ1) is 17.4. The molecular formula is C18H13FN2O2S2. The van der Waals surface area contributed by atoms with Crippen LogP contribution in [0, 0.1) is 17.1 Å². The first-order chi connectivity index (χ1) is 12.1. The molecule has 4 nitrogen and oxygen atoms in total. The van der Waals surface area contributed by atoms with Crippen LogP contribution in [0.1, 0.15) is 27.6 Å². The van der Waals surface area contributed by atoms with E-state index in [1.54, 1.807) is 24.3 Å². The van der Waals surface area contributed by atoms with E-state index in [2.05, 4.69) is 11.4 Å². The van der Waals surface area contributed by atoms with Gasteiger partial charge in [0.05, 0.1) is 27.3 Å². The van der Waals surface area contributed by atoms with Crippen molar-refractivity contribution < 1.29 is 14.0 Å². The van der Waals surface area contributed by atoms with Gasteiger partial charge in [-0.25, -0.2) is 4.39 Å². The molecule has 0 spiro atoms. The molecule has 0 bridgehead atoms. The fourth-order valence-electron chi connectivity index (χ4n) is 2.57. The van der Waals surface area contributed by atoms with Gasteiger partial charge in [0.2, 0.25) is 5.91 Å². The van der Waals surface area contributed by atoms with Gasteiger partial charge < -0.3 is 5.32 Å². The second-order valence-electron chi connectivity index (χ2n) is 5.40. The summed E-state index contributed by atoms with van der Waals surface area (Å²) in [5.74, 6) is -0.944. The minimum atomic E-state index is -0.541. The van der Waals surface area contributed by atoms with Gasteiger partial charge in [0, 0.05) is 12.3 Å². The predicted molar refractivity (Wildman–Crippen MR) is 95.6 cm³/mol. The number of benzene rings is 1. The first-order valence-electron chi connectivity index (χ1n) is 7.47. The molecule has 1 aliphatic rings. The smallest absolute Gasteiger partial charge is 0.235 e. The van der Waals surface area contributed by atoms with Crippen molar-refractivity contribution in [3.05, 3.63) is 68.6 Å². The van der Waals surface area contributed by atoms with Gasteiger partial charge in [-0.05, 0) is 29.1 Å². The molecule has 3 rings (SSSR count). The Balaban J connectivity index is 1.99. The average Bonchev–Trinajstić information content (AvgIpc) is 3.27. The van der Waals surface area contributed by atoms with Crippen molar-refractivity contribution in [2.45, 2.75) is 12.3 Å². The molecule has 1 aromatic carbocycles. The number of amides is 1. The number of carbonyl (C=O) groups is 2. The Morgan fingerprint density at radius 2 is 2.08 bits per heavy atom. The summed E-state index contributed by atoms with van der Waals surface area (Å²) in [4.78, 5) is 24.7. The summed E-state index contributed by atoms with van der Waals surface area (Å²) in [6, 6.07) is 11.4. The highest BCUT2D eigenvalue weighted by atomic mass is 32.2. The molecule has 0 radical (unpaired) electrons. The Labute approximate surface area is 152 Å². The van der Waals surface area contributed by atoms with E-state index in [-0.39, 0.29) is 29.7 Å². The first-order valence-corrected chi connectivity index (χ1v) is 9.34. The van der Waals surface area contributed by atoms with Crippen LogP contribution in [0.25, 0.3) is 0 Å². The molecule has 126 valence electrons. The van der Waals surface area contributed by atoms with E-state index in [1.165, 1.54) is 35.2 Å². The maximum Gasteiger partial charge on any atom is 0.235 e. The van der Waals surface area contributed by atoms with Crippen LogP contribution in [0.3, 0.4) is 0 Å². The number of halogens is 1. The number of thiophene rings is 1. The zero-order chi connectivity index (χ0) is 17.8. The summed E-state index contributed by atoms with van der Waals surface area (Å²) in [6.07, 6.45) is 0.0783. The highest BCUT2D eigenvalue weighted by Crippen LogP contribution is 2.35. The van der Waals surface area contributed by atoms with E-state index in [4.69, 9.17) is 0 Å². The van der Waals surface area contributed by atoms with Gasteiger partial charge in [-0.15, -0.1) is 11.3 Å². The van der Waals surface area contributed by atoms with Crippen molar-refractivity contribution in [2.24, 2.45) is 0 Å². The quantitative estimate of drug-likeness (QED) is 0.639. The monoisotopic (exact) mass is 372 g/mol. The van der Waals surface area contributed by atoms with Crippen LogP contribution in [0.5, 0.6) is 0 Å². The lowest BCUT2D eigenvalue weighted by atomic mass is 9.87. The number of nitrogens with zero attached hydrogens (tertiary/aromatic N) is 1. The normalized spacial score (nSPS) is 16.9. The van der Waals surface area contributed by atoms with E-state index in [0.29, 0.717) is 21.0 Å². The third-order valence-corrected chi connectivity index (χ3v) is 5.70. The Morgan fingerprint density at radius 3 is 2.64 bits per heavy atom. The largest absolute Gasteiger partial charge is 0.319 e. The van der Waals surface area contributed by atoms with E-state index >= 15 is 0 Å². The van der Waals surface area contributed by atoms with Crippen LogP contribution in [0.15, 0.2) is 52.4 Å². The zero-order valence-electron chi connectivity index (χ0n) is 13.0. The number of nitriles is 1. The highest BCUT2D eigenvalue weighted by molar-refractivity contribution is 8.04. The number of ketones is 1. The Hall–Kier alpha value is -2.43. The summed E-state index contributed by atoms with van der Waals surface area (Å²) in [7, 11) is 0. The van der Waals surface area contributed by atoms with Crippen molar-refractivity contribution in [1.82, 2.24) is 5.32 Å². The fourth-order valence-corrected chi connectivity index (χ4v) is 4.13. The molecule has 25 heavy (non-hydrogen) atoms. The zero-order valence-corrected chi connectivity index (χ0v) is 14.6. The van der Waals surface area contributed by atoms with Crippen molar-refractivity contribution in [3.8, 4) is 6.07 Å². The van der Waals surface area contributed by atoms with E-state index in [9.17, 15) is 19.2 Å². The third-order valence-electron chi connectivity index (χ3n) is 3.77. The molecule has 0 aliphatic carbocycles. The van der Waals surface area contributed by atoms with Crippen LogP contribution >= 0.6 is 23.1 Å². The number of Topliss-reactive ketones (excluding diaryl/α,β-unsaturated/α-hetero) is 1. The molecule has 0 unspecified atom stereocenters. The lowest BCUT2D eigenvalue weighted by Gasteiger charge is -2.17. The minimum absolute atomic E-state index is 0.0783. The Bertz CT molecular complexity index is 867. The van der Waals surface area contributed by atoms with Crippen LogP contribution < -0.4 is 5.32 Å². The fraction of sp³-hybridized carbons (Fsp3) is 0.167.